The number of fused-ring (bicyclic) bond motifs is 3. The van der Waals surface area contributed by atoms with Gasteiger partial charge in [-0.2, -0.15) is 0 Å². The molecule has 1 aromatic heterocycles. The van der Waals surface area contributed by atoms with E-state index in [1.807, 2.05) is 29.2 Å². The maximum Gasteiger partial charge on any atom is 0.322 e. The zero-order valence-corrected chi connectivity index (χ0v) is 15.7. The normalized spacial score (nSPS) is 16.4. The van der Waals surface area contributed by atoms with Crippen molar-refractivity contribution in [3.05, 3.63) is 65.4 Å². The Morgan fingerprint density at radius 1 is 1.11 bits per heavy atom. The molecule has 1 fully saturated rings. The van der Waals surface area contributed by atoms with Gasteiger partial charge >= 0.3 is 6.03 Å². The lowest BCUT2D eigenvalue weighted by Crippen LogP contribution is -2.39. The second-order valence-electron chi connectivity index (χ2n) is 7.96. The van der Waals surface area contributed by atoms with Gasteiger partial charge in [-0.3, -0.25) is 0 Å². The van der Waals surface area contributed by atoms with Crippen molar-refractivity contribution in [1.82, 2.24) is 9.47 Å². The summed E-state index contributed by atoms with van der Waals surface area (Å²) in [7, 11) is 0. The van der Waals surface area contributed by atoms with Gasteiger partial charge in [-0.1, -0.05) is 35.9 Å². The molecule has 0 atom stereocenters. The highest BCUT2D eigenvalue weighted by molar-refractivity contribution is 5.91. The van der Waals surface area contributed by atoms with Crippen molar-refractivity contribution in [2.45, 2.75) is 39.3 Å². The molecule has 1 N–H and O–H groups in total. The summed E-state index contributed by atoms with van der Waals surface area (Å²) < 4.78 is 2.53. The van der Waals surface area contributed by atoms with Gasteiger partial charge in [0, 0.05) is 53.9 Å². The molecule has 2 aromatic carbocycles. The molecular weight excluding hydrogens is 334 g/mol. The Labute approximate surface area is 159 Å². The molecule has 27 heavy (non-hydrogen) atoms. The van der Waals surface area contributed by atoms with E-state index in [1.54, 1.807) is 0 Å². The highest BCUT2D eigenvalue weighted by Gasteiger charge is 2.29. The average Bonchev–Trinajstić information content (AvgIpc) is 3.46. The van der Waals surface area contributed by atoms with Gasteiger partial charge in [-0.15, -0.1) is 0 Å². The van der Waals surface area contributed by atoms with Crippen molar-refractivity contribution >= 4 is 22.6 Å². The zero-order valence-electron chi connectivity index (χ0n) is 15.7. The Morgan fingerprint density at radius 3 is 2.67 bits per heavy atom. The number of amides is 2. The van der Waals surface area contributed by atoms with Crippen LogP contribution in [-0.2, 0) is 19.5 Å². The van der Waals surface area contributed by atoms with Gasteiger partial charge in [0.2, 0.25) is 0 Å². The molecule has 2 aliphatic rings. The molecule has 1 saturated carbocycles. The van der Waals surface area contributed by atoms with E-state index in [1.165, 1.54) is 40.6 Å². The lowest BCUT2D eigenvalue weighted by Gasteiger charge is -2.28. The van der Waals surface area contributed by atoms with Crippen LogP contribution in [0.2, 0.25) is 0 Å². The number of para-hydroxylation sites is 1. The van der Waals surface area contributed by atoms with Crippen LogP contribution in [0, 0.1) is 12.8 Å². The summed E-state index contributed by atoms with van der Waals surface area (Å²) in [6.45, 7) is 4.64. The SMILES string of the molecule is Cc1ccc(NC(=O)N2CCc3c(c4ccccc4n3CC3CC3)C2)cc1. The van der Waals surface area contributed by atoms with Gasteiger partial charge in [0.25, 0.3) is 0 Å². The molecule has 1 aliphatic carbocycles. The first-order valence-corrected chi connectivity index (χ1v) is 9.90. The molecular formula is C23H25N3O. The lowest BCUT2D eigenvalue weighted by atomic mass is 10.0. The molecule has 0 radical (unpaired) electrons. The summed E-state index contributed by atoms with van der Waals surface area (Å²) in [6.07, 6.45) is 3.64. The Hall–Kier alpha value is -2.75. The molecule has 5 rings (SSSR count). The number of urea groups is 1. The van der Waals surface area contributed by atoms with Crippen LogP contribution < -0.4 is 5.32 Å². The zero-order chi connectivity index (χ0) is 18.4. The van der Waals surface area contributed by atoms with Crippen molar-refractivity contribution in [3.63, 3.8) is 0 Å². The summed E-state index contributed by atoms with van der Waals surface area (Å²) in [5.74, 6) is 0.841. The Balaban J connectivity index is 1.42. The smallest absolute Gasteiger partial charge is 0.322 e. The molecule has 3 aromatic rings. The van der Waals surface area contributed by atoms with E-state index in [2.05, 4.69) is 41.1 Å². The molecule has 4 heteroatoms. The van der Waals surface area contributed by atoms with Crippen molar-refractivity contribution in [2.24, 2.45) is 5.92 Å². The van der Waals surface area contributed by atoms with Crippen LogP contribution in [0.4, 0.5) is 10.5 Å². The number of aryl methyl sites for hydroxylation is 1. The summed E-state index contributed by atoms with van der Waals surface area (Å²) in [6, 6.07) is 16.6. The monoisotopic (exact) mass is 359 g/mol. The summed E-state index contributed by atoms with van der Waals surface area (Å²) in [5.41, 5.74) is 6.14. The van der Waals surface area contributed by atoms with Gasteiger partial charge in [0.05, 0.1) is 0 Å². The minimum Gasteiger partial charge on any atom is -0.344 e. The number of aromatic nitrogens is 1. The van der Waals surface area contributed by atoms with Gasteiger partial charge in [0.1, 0.15) is 0 Å². The van der Waals surface area contributed by atoms with Gasteiger partial charge < -0.3 is 14.8 Å². The van der Waals surface area contributed by atoms with Crippen molar-refractivity contribution < 1.29 is 4.79 Å². The molecule has 0 saturated heterocycles. The second kappa shape index (κ2) is 6.45. The highest BCUT2D eigenvalue weighted by atomic mass is 16.2. The molecule has 4 nitrogen and oxygen atoms in total. The molecule has 0 unspecified atom stereocenters. The van der Waals surface area contributed by atoms with Crippen molar-refractivity contribution in [2.75, 3.05) is 11.9 Å². The fourth-order valence-electron chi connectivity index (χ4n) is 4.18. The standard InChI is InChI=1S/C23H25N3O/c1-16-6-10-18(11-7-16)24-23(27)25-13-12-22-20(15-25)19-4-2-3-5-21(19)26(22)14-17-8-9-17/h2-7,10-11,17H,8-9,12-15H2,1H3,(H,24,27). The van der Waals surface area contributed by atoms with Crippen LogP contribution in [0.1, 0.15) is 29.7 Å². The lowest BCUT2D eigenvalue weighted by molar-refractivity contribution is 0.206. The largest absolute Gasteiger partial charge is 0.344 e. The van der Waals surface area contributed by atoms with E-state index in [9.17, 15) is 4.79 Å². The third-order valence-corrected chi connectivity index (χ3v) is 5.89. The molecule has 1 aliphatic heterocycles. The molecule has 0 spiro atoms. The van der Waals surface area contributed by atoms with Gasteiger partial charge in [0.15, 0.2) is 0 Å². The number of nitrogens with zero attached hydrogens (tertiary/aromatic N) is 2. The highest BCUT2D eigenvalue weighted by Crippen LogP contribution is 2.36. The van der Waals surface area contributed by atoms with Crippen LogP contribution >= 0.6 is 0 Å². The Kier molecular flexibility index (Phi) is 3.92. The average molecular weight is 359 g/mol. The van der Waals surface area contributed by atoms with Crippen LogP contribution in [0.5, 0.6) is 0 Å². The number of anilines is 1. The van der Waals surface area contributed by atoms with E-state index in [0.29, 0.717) is 6.54 Å². The number of nitrogens with one attached hydrogen (secondary N) is 1. The first kappa shape index (κ1) is 16.4. The molecule has 138 valence electrons. The van der Waals surface area contributed by atoms with E-state index in [-0.39, 0.29) is 6.03 Å². The fraction of sp³-hybridized carbons (Fsp3) is 0.348. The van der Waals surface area contributed by atoms with Gasteiger partial charge in [-0.05, 0) is 43.9 Å². The third kappa shape index (κ3) is 3.09. The van der Waals surface area contributed by atoms with Crippen molar-refractivity contribution in [1.29, 1.82) is 0 Å². The maximum atomic E-state index is 12.8. The minimum absolute atomic E-state index is 0.0106. The number of carbonyl (C=O) groups excluding carboxylic acids is 1. The second-order valence-corrected chi connectivity index (χ2v) is 7.96. The summed E-state index contributed by atoms with van der Waals surface area (Å²) in [5, 5.41) is 4.35. The van der Waals surface area contributed by atoms with E-state index < -0.39 is 0 Å². The summed E-state index contributed by atoms with van der Waals surface area (Å²) >= 11 is 0. The molecule has 2 heterocycles. The van der Waals surface area contributed by atoms with E-state index in [4.69, 9.17) is 0 Å². The van der Waals surface area contributed by atoms with Crippen LogP contribution in [0.15, 0.2) is 48.5 Å². The van der Waals surface area contributed by atoms with Crippen LogP contribution in [0.3, 0.4) is 0 Å². The predicted molar refractivity (Wildman–Crippen MR) is 109 cm³/mol. The Bertz CT molecular complexity index is 998. The number of hydrogen-bond donors (Lipinski definition) is 1. The summed E-state index contributed by atoms with van der Waals surface area (Å²) in [4.78, 5) is 14.7. The van der Waals surface area contributed by atoms with Crippen LogP contribution in [-0.4, -0.2) is 22.0 Å². The minimum atomic E-state index is -0.0106. The first-order chi connectivity index (χ1) is 13.2. The van der Waals surface area contributed by atoms with Crippen LogP contribution in [0.25, 0.3) is 10.9 Å². The predicted octanol–water partition coefficient (Wildman–Crippen LogP) is 4.95. The van der Waals surface area contributed by atoms with Gasteiger partial charge in [-0.25, -0.2) is 4.79 Å². The number of carbonyl (C=O) groups is 1. The van der Waals surface area contributed by atoms with Crippen molar-refractivity contribution in [3.8, 4) is 0 Å². The number of hydrogen-bond acceptors (Lipinski definition) is 1. The Morgan fingerprint density at radius 2 is 1.89 bits per heavy atom. The number of rotatable bonds is 3. The molecule has 0 bridgehead atoms. The van der Waals surface area contributed by atoms with E-state index >= 15 is 0 Å². The quantitative estimate of drug-likeness (QED) is 0.706. The maximum absolute atomic E-state index is 12.8. The van der Waals surface area contributed by atoms with E-state index in [0.717, 1.165) is 31.1 Å². The first-order valence-electron chi connectivity index (χ1n) is 9.90. The topological polar surface area (TPSA) is 37.3 Å². The fourth-order valence-corrected chi connectivity index (χ4v) is 4.18. The molecule has 2 amide bonds. The number of benzene rings is 2. The third-order valence-electron chi connectivity index (χ3n) is 5.89.